The lowest BCUT2D eigenvalue weighted by molar-refractivity contribution is -0.145. The second kappa shape index (κ2) is 5.59. The van der Waals surface area contributed by atoms with Crippen LogP contribution in [0.25, 0.3) is 0 Å². The molecule has 0 aliphatic carbocycles. The maximum absolute atomic E-state index is 11.3. The van der Waals surface area contributed by atoms with Crippen molar-refractivity contribution in [2.45, 2.75) is 19.8 Å². The van der Waals surface area contributed by atoms with Crippen molar-refractivity contribution in [1.29, 1.82) is 0 Å². The molecule has 0 radical (unpaired) electrons. The van der Waals surface area contributed by atoms with Gasteiger partial charge >= 0.3 is 12.1 Å². The Hall–Kier alpha value is -1.10. The Labute approximate surface area is 82.8 Å². The summed E-state index contributed by atoms with van der Waals surface area (Å²) >= 11 is 0. The number of piperidine rings is 1. The molecule has 0 bridgehead atoms. The quantitative estimate of drug-likeness (QED) is 0.526. The van der Waals surface area contributed by atoms with Crippen LogP contribution in [-0.4, -0.2) is 31.8 Å². The van der Waals surface area contributed by atoms with Gasteiger partial charge in [-0.25, -0.2) is 4.79 Å². The van der Waals surface area contributed by atoms with E-state index in [0.29, 0.717) is 6.54 Å². The van der Waals surface area contributed by atoms with E-state index < -0.39 is 12.1 Å². The van der Waals surface area contributed by atoms with Gasteiger partial charge in [0.15, 0.2) is 0 Å². The van der Waals surface area contributed by atoms with Crippen molar-refractivity contribution in [3.05, 3.63) is 0 Å². The van der Waals surface area contributed by atoms with Crippen molar-refractivity contribution in [1.82, 2.24) is 5.32 Å². The highest BCUT2D eigenvalue weighted by Crippen LogP contribution is 2.11. The van der Waals surface area contributed by atoms with Gasteiger partial charge in [-0.15, -0.1) is 0 Å². The predicted octanol–water partition coefficient (Wildman–Crippen LogP) is 0.686. The Bertz CT molecular complexity index is 211. The number of esters is 1. The van der Waals surface area contributed by atoms with Crippen molar-refractivity contribution in [3.63, 3.8) is 0 Å². The summed E-state index contributed by atoms with van der Waals surface area (Å²) in [5, 5.41) is 3.07. The van der Waals surface area contributed by atoms with Gasteiger partial charge in [0.2, 0.25) is 0 Å². The maximum atomic E-state index is 11.3. The monoisotopic (exact) mass is 201 g/mol. The van der Waals surface area contributed by atoms with Crippen LogP contribution >= 0.6 is 0 Å². The Morgan fingerprint density at radius 3 is 2.86 bits per heavy atom. The highest BCUT2D eigenvalue weighted by atomic mass is 16.7. The fourth-order valence-electron chi connectivity index (χ4n) is 1.37. The van der Waals surface area contributed by atoms with Crippen LogP contribution in [-0.2, 0) is 14.3 Å². The number of hydrogen-bond donors (Lipinski definition) is 1. The van der Waals surface area contributed by atoms with Gasteiger partial charge in [-0.1, -0.05) is 0 Å². The van der Waals surface area contributed by atoms with E-state index in [0.717, 1.165) is 19.4 Å². The minimum Gasteiger partial charge on any atom is -0.434 e. The van der Waals surface area contributed by atoms with Crippen molar-refractivity contribution in [2.24, 2.45) is 5.92 Å². The minimum atomic E-state index is -0.900. The first kappa shape index (κ1) is 11.0. The number of nitrogens with one attached hydrogen (secondary N) is 1. The molecule has 0 spiro atoms. The number of carbonyl (C=O) groups is 2. The summed E-state index contributed by atoms with van der Waals surface area (Å²) in [6.45, 7) is 3.38. The molecule has 1 atom stereocenters. The van der Waals surface area contributed by atoms with Gasteiger partial charge < -0.3 is 14.8 Å². The van der Waals surface area contributed by atoms with E-state index in [1.165, 1.54) is 0 Å². The first-order chi connectivity index (χ1) is 6.74. The van der Waals surface area contributed by atoms with E-state index in [1.807, 2.05) is 0 Å². The second-order valence-corrected chi connectivity index (χ2v) is 3.15. The molecule has 5 nitrogen and oxygen atoms in total. The third-order valence-electron chi connectivity index (χ3n) is 2.08. The van der Waals surface area contributed by atoms with Gasteiger partial charge in [0.05, 0.1) is 12.5 Å². The van der Waals surface area contributed by atoms with E-state index in [2.05, 4.69) is 14.8 Å². The second-order valence-electron chi connectivity index (χ2n) is 3.15. The summed E-state index contributed by atoms with van der Waals surface area (Å²) in [6.07, 6.45) is 0.802. The largest absolute Gasteiger partial charge is 0.516 e. The Morgan fingerprint density at radius 1 is 1.50 bits per heavy atom. The topological polar surface area (TPSA) is 64.6 Å². The first-order valence-corrected chi connectivity index (χ1v) is 4.83. The van der Waals surface area contributed by atoms with E-state index in [9.17, 15) is 9.59 Å². The van der Waals surface area contributed by atoms with Gasteiger partial charge in [-0.3, -0.25) is 4.79 Å². The molecule has 0 aromatic rings. The number of rotatable bonds is 2. The van der Waals surface area contributed by atoms with Crippen LogP contribution in [0.1, 0.15) is 19.8 Å². The Morgan fingerprint density at radius 2 is 2.29 bits per heavy atom. The zero-order valence-corrected chi connectivity index (χ0v) is 8.25. The number of ether oxygens (including phenoxy) is 2. The maximum Gasteiger partial charge on any atom is 0.516 e. The van der Waals surface area contributed by atoms with Crippen molar-refractivity contribution in [2.75, 3.05) is 19.7 Å². The molecule has 0 aromatic carbocycles. The average Bonchev–Trinajstić information content (AvgIpc) is 2.19. The Balaban J connectivity index is 2.29. The van der Waals surface area contributed by atoms with E-state index >= 15 is 0 Å². The van der Waals surface area contributed by atoms with Crippen LogP contribution in [0.15, 0.2) is 0 Å². The standard InChI is InChI=1S/C9H15NO4/c1-2-13-9(12)14-8(11)7-4-3-5-10-6-7/h7,10H,2-6H2,1H3/t7-/m1/s1. The van der Waals surface area contributed by atoms with Crippen LogP contribution in [0.2, 0.25) is 0 Å². The van der Waals surface area contributed by atoms with Crippen LogP contribution in [0.5, 0.6) is 0 Å². The molecule has 0 unspecified atom stereocenters. The summed E-state index contributed by atoms with van der Waals surface area (Å²) < 4.78 is 8.99. The molecule has 1 rings (SSSR count). The van der Waals surface area contributed by atoms with E-state index in [-0.39, 0.29) is 12.5 Å². The summed E-state index contributed by atoms with van der Waals surface area (Å²) in [5.74, 6) is -0.705. The fourth-order valence-corrected chi connectivity index (χ4v) is 1.37. The SMILES string of the molecule is CCOC(=O)OC(=O)[C@@H]1CCCNC1. The van der Waals surface area contributed by atoms with Crippen LogP contribution < -0.4 is 5.32 Å². The number of hydrogen-bond acceptors (Lipinski definition) is 5. The molecular weight excluding hydrogens is 186 g/mol. The van der Waals surface area contributed by atoms with Crippen molar-refractivity contribution in [3.8, 4) is 0 Å². The minimum absolute atomic E-state index is 0.215. The van der Waals surface area contributed by atoms with Gasteiger partial charge in [-0.05, 0) is 26.3 Å². The van der Waals surface area contributed by atoms with Gasteiger partial charge in [0.1, 0.15) is 0 Å². The normalized spacial score (nSPS) is 21.4. The lowest BCUT2D eigenvalue weighted by Gasteiger charge is -2.20. The summed E-state index contributed by atoms with van der Waals surface area (Å²) in [6, 6.07) is 0. The fraction of sp³-hybridized carbons (Fsp3) is 0.778. The Kier molecular flexibility index (Phi) is 4.39. The lowest BCUT2D eigenvalue weighted by atomic mass is 10.0. The zero-order valence-electron chi connectivity index (χ0n) is 8.25. The van der Waals surface area contributed by atoms with Crippen molar-refractivity contribution < 1.29 is 19.1 Å². The molecule has 1 N–H and O–H groups in total. The molecule has 1 heterocycles. The molecule has 5 heteroatoms. The summed E-state index contributed by atoms with van der Waals surface area (Å²) in [7, 11) is 0. The summed E-state index contributed by atoms with van der Waals surface area (Å²) in [4.78, 5) is 22.1. The average molecular weight is 201 g/mol. The number of carbonyl (C=O) groups excluding carboxylic acids is 2. The molecular formula is C9H15NO4. The van der Waals surface area contributed by atoms with E-state index in [1.54, 1.807) is 6.92 Å². The smallest absolute Gasteiger partial charge is 0.434 e. The van der Waals surface area contributed by atoms with Gasteiger partial charge in [0.25, 0.3) is 0 Å². The zero-order chi connectivity index (χ0) is 10.4. The van der Waals surface area contributed by atoms with Crippen molar-refractivity contribution >= 4 is 12.1 Å². The molecule has 80 valence electrons. The molecule has 1 aliphatic heterocycles. The molecule has 1 fully saturated rings. The summed E-state index contributed by atoms with van der Waals surface area (Å²) in [5.41, 5.74) is 0. The molecule has 1 saturated heterocycles. The van der Waals surface area contributed by atoms with Crippen LogP contribution in [0, 0.1) is 5.92 Å². The lowest BCUT2D eigenvalue weighted by Crippen LogP contribution is -2.36. The molecule has 0 amide bonds. The third-order valence-corrected chi connectivity index (χ3v) is 2.08. The molecule has 14 heavy (non-hydrogen) atoms. The molecule has 1 aliphatic rings. The van der Waals surface area contributed by atoms with Gasteiger partial charge in [-0.2, -0.15) is 0 Å². The van der Waals surface area contributed by atoms with Gasteiger partial charge in [0, 0.05) is 6.54 Å². The highest BCUT2D eigenvalue weighted by Gasteiger charge is 2.24. The van der Waals surface area contributed by atoms with Crippen LogP contribution in [0.4, 0.5) is 4.79 Å². The van der Waals surface area contributed by atoms with Crippen LogP contribution in [0.3, 0.4) is 0 Å². The predicted molar refractivity (Wildman–Crippen MR) is 48.7 cm³/mol. The highest BCUT2D eigenvalue weighted by molar-refractivity contribution is 5.83. The molecule has 0 aromatic heterocycles. The van der Waals surface area contributed by atoms with E-state index in [4.69, 9.17) is 0 Å². The molecule has 0 saturated carbocycles. The third kappa shape index (κ3) is 3.33. The first-order valence-electron chi connectivity index (χ1n) is 4.83.